The quantitative estimate of drug-likeness (QED) is 0.836. The molecule has 7 nitrogen and oxygen atoms in total. The zero-order valence-electron chi connectivity index (χ0n) is 16.1. The Morgan fingerprint density at radius 1 is 1.19 bits per heavy atom. The van der Waals surface area contributed by atoms with Crippen LogP contribution in [-0.4, -0.2) is 42.5 Å². The van der Waals surface area contributed by atoms with Crippen molar-refractivity contribution in [1.82, 2.24) is 14.1 Å². The maximum atomic E-state index is 12.4. The third kappa shape index (κ3) is 3.96. The zero-order chi connectivity index (χ0) is 19.6. The molecule has 0 spiro atoms. The number of amides is 1. The maximum absolute atomic E-state index is 12.4. The van der Waals surface area contributed by atoms with Crippen molar-refractivity contribution in [3.63, 3.8) is 0 Å². The monoisotopic (exact) mass is 378 g/mol. The summed E-state index contributed by atoms with van der Waals surface area (Å²) in [5, 5.41) is 7.20. The fraction of sp³-hybridized carbons (Fsp3) is 0.444. The van der Waals surface area contributed by atoms with Gasteiger partial charge in [0.15, 0.2) is 0 Å². The standard InChI is InChI=1S/C18H26N4O3S/c1-12-8-7-9-16(13(12)2)19-17(23)10-11-22-15(4)18(14(3)20-22)26(24,25)21(5)6/h7-9H,10-11H2,1-6H3,(H,19,23). The first-order chi connectivity index (χ1) is 12.1. The number of aromatic nitrogens is 2. The fourth-order valence-electron chi connectivity index (χ4n) is 2.76. The smallest absolute Gasteiger partial charge is 0.246 e. The van der Waals surface area contributed by atoms with Crippen LogP contribution in [0.15, 0.2) is 23.1 Å². The summed E-state index contributed by atoms with van der Waals surface area (Å²) >= 11 is 0. The van der Waals surface area contributed by atoms with Crippen molar-refractivity contribution in [3.8, 4) is 0 Å². The Morgan fingerprint density at radius 2 is 1.85 bits per heavy atom. The second-order valence-electron chi connectivity index (χ2n) is 6.56. The van der Waals surface area contributed by atoms with Gasteiger partial charge in [0.25, 0.3) is 0 Å². The summed E-state index contributed by atoms with van der Waals surface area (Å²) in [6.45, 7) is 7.64. The van der Waals surface area contributed by atoms with Crippen LogP contribution in [0.4, 0.5) is 5.69 Å². The minimum atomic E-state index is -3.57. The normalized spacial score (nSPS) is 11.8. The van der Waals surface area contributed by atoms with E-state index in [0.29, 0.717) is 17.9 Å². The van der Waals surface area contributed by atoms with Crippen molar-refractivity contribution in [2.45, 2.75) is 45.6 Å². The van der Waals surface area contributed by atoms with Gasteiger partial charge >= 0.3 is 0 Å². The summed E-state index contributed by atoms with van der Waals surface area (Å²) in [5.41, 5.74) is 3.91. The molecule has 0 aliphatic carbocycles. The third-order valence-electron chi connectivity index (χ3n) is 4.48. The molecule has 2 rings (SSSR count). The molecule has 8 heteroatoms. The van der Waals surface area contributed by atoms with Gasteiger partial charge in [-0.1, -0.05) is 12.1 Å². The van der Waals surface area contributed by atoms with E-state index in [4.69, 9.17) is 0 Å². The molecule has 0 atom stereocenters. The van der Waals surface area contributed by atoms with E-state index in [2.05, 4.69) is 10.4 Å². The first-order valence-electron chi connectivity index (χ1n) is 8.38. The van der Waals surface area contributed by atoms with Crippen LogP contribution in [0.1, 0.15) is 28.9 Å². The Labute approximate surface area is 155 Å². The second kappa shape index (κ2) is 7.59. The summed E-state index contributed by atoms with van der Waals surface area (Å²) in [4.78, 5) is 12.5. The van der Waals surface area contributed by atoms with Crippen LogP contribution < -0.4 is 5.32 Å². The molecule has 1 heterocycles. The number of nitrogens with zero attached hydrogens (tertiary/aromatic N) is 3. The number of hydrogen-bond donors (Lipinski definition) is 1. The number of carbonyl (C=O) groups excluding carboxylic acids is 1. The third-order valence-corrected chi connectivity index (χ3v) is 6.55. The van der Waals surface area contributed by atoms with Gasteiger partial charge in [-0.3, -0.25) is 9.48 Å². The molecular weight excluding hydrogens is 352 g/mol. The summed E-state index contributed by atoms with van der Waals surface area (Å²) < 4.78 is 27.6. The van der Waals surface area contributed by atoms with Crippen LogP contribution in [0.5, 0.6) is 0 Å². The van der Waals surface area contributed by atoms with Gasteiger partial charge in [0, 0.05) is 26.2 Å². The molecule has 0 aliphatic heterocycles. The molecule has 0 aliphatic rings. The first kappa shape index (κ1) is 20.1. The topological polar surface area (TPSA) is 84.3 Å². The van der Waals surface area contributed by atoms with Crippen molar-refractivity contribution in [3.05, 3.63) is 40.7 Å². The van der Waals surface area contributed by atoms with Gasteiger partial charge in [-0.25, -0.2) is 12.7 Å². The van der Waals surface area contributed by atoms with E-state index < -0.39 is 10.0 Å². The van der Waals surface area contributed by atoms with Crippen LogP contribution in [0, 0.1) is 27.7 Å². The largest absolute Gasteiger partial charge is 0.326 e. The van der Waals surface area contributed by atoms with Crippen molar-refractivity contribution in [2.24, 2.45) is 0 Å². The molecule has 1 aromatic carbocycles. The molecule has 0 saturated heterocycles. The Balaban J connectivity index is 2.13. The van der Waals surface area contributed by atoms with Crippen molar-refractivity contribution in [2.75, 3.05) is 19.4 Å². The van der Waals surface area contributed by atoms with Gasteiger partial charge in [-0.2, -0.15) is 5.10 Å². The highest BCUT2D eigenvalue weighted by molar-refractivity contribution is 7.89. The number of nitrogens with one attached hydrogen (secondary N) is 1. The van der Waals surface area contributed by atoms with Crippen LogP contribution in [0.3, 0.4) is 0 Å². The number of rotatable bonds is 6. The van der Waals surface area contributed by atoms with E-state index in [1.807, 2.05) is 32.0 Å². The van der Waals surface area contributed by atoms with E-state index in [1.54, 1.807) is 18.5 Å². The average molecular weight is 378 g/mol. The second-order valence-corrected chi connectivity index (χ2v) is 8.64. The average Bonchev–Trinajstić information content (AvgIpc) is 2.84. The predicted molar refractivity (Wildman–Crippen MR) is 102 cm³/mol. The maximum Gasteiger partial charge on any atom is 0.246 e. The molecule has 0 unspecified atom stereocenters. The highest BCUT2D eigenvalue weighted by atomic mass is 32.2. The van der Waals surface area contributed by atoms with Crippen LogP contribution in [-0.2, 0) is 21.4 Å². The minimum absolute atomic E-state index is 0.136. The number of sulfonamides is 1. The minimum Gasteiger partial charge on any atom is -0.326 e. The number of aryl methyl sites for hydroxylation is 3. The highest BCUT2D eigenvalue weighted by Crippen LogP contribution is 2.22. The van der Waals surface area contributed by atoms with Crippen molar-refractivity contribution in [1.29, 1.82) is 0 Å². The summed E-state index contributed by atoms with van der Waals surface area (Å²) in [7, 11) is -0.587. The SMILES string of the molecule is Cc1cccc(NC(=O)CCn2nc(C)c(S(=O)(=O)N(C)C)c2C)c1C. The van der Waals surface area contributed by atoms with Gasteiger partial charge in [-0.05, 0) is 44.9 Å². The lowest BCUT2D eigenvalue weighted by molar-refractivity contribution is -0.116. The van der Waals surface area contributed by atoms with Gasteiger partial charge < -0.3 is 5.32 Å². The Hall–Kier alpha value is -2.19. The molecule has 1 amide bonds. The zero-order valence-corrected chi connectivity index (χ0v) is 16.9. The van der Waals surface area contributed by atoms with Gasteiger partial charge in [0.1, 0.15) is 4.90 Å². The Kier molecular flexibility index (Phi) is 5.87. The molecule has 1 aromatic heterocycles. The molecule has 0 saturated carbocycles. The first-order valence-corrected chi connectivity index (χ1v) is 9.82. The van der Waals surface area contributed by atoms with Gasteiger partial charge in [-0.15, -0.1) is 0 Å². The van der Waals surface area contributed by atoms with Gasteiger partial charge in [0.05, 0.1) is 17.9 Å². The van der Waals surface area contributed by atoms with Crippen molar-refractivity contribution >= 4 is 21.6 Å². The molecule has 26 heavy (non-hydrogen) atoms. The summed E-state index contributed by atoms with van der Waals surface area (Å²) in [5.74, 6) is -0.136. The molecule has 2 aromatic rings. The van der Waals surface area contributed by atoms with Crippen LogP contribution in [0.25, 0.3) is 0 Å². The lowest BCUT2D eigenvalue weighted by Gasteiger charge is -2.12. The molecule has 0 radical (unpaired) electrons. The molecular formula is C18H26N4O3S. The summed E-state index contributed by atoms with van der Waals surface area (Å²) in [6.07, 6.45) is 0.205. The molecule has 0 fully saturated rings. The molecule has 0 bridgehead atoms. The van der Waals surface area contributed by atoms with E-state index in [1.165, 1.54) is 18.4 Å². The number of benzene rings is 1. The molecule has 1 N–H and O–H groups in total. The van der Waals surface area contributed by atoms with E-state index in [9.17, 15) is 13.2 Å². The highest BCUT2D eigenvalue weighted by Gasteiger charge is 2.26. The van der Waals surface area contributed by atoms with Gasteiger partial charge in [0.2, 0.25) is 15.9 Å². The van der Waals surface area contributed by atoms with E-state index in [-0.39, 0.29) is 17.2 Å². The lowest BCUT2D eigenvalue weighted by atomic mass is 10.1. The Bertz CT molecular complexity index is 930. The number of hydrogen-bond acceptors (Lipinski definition) is 4. The fourth-order valence-corrected chi connectivity index (χ4v) is 4.02. The lowest BCUT2D eigenvalue weighted by Crippen LogP contribution is -2.23. The number of carbonyl (C=O) groups is 1. The molecule has 142 valence electrons. The van der Waals surface area contributed by atoms with Crippen LogP contribution in [0.2, 0.25) is 0 Å². The Morgan fingerprint density at radius 3 is 2.46 bits per heavy atom. The van der Waals surface area contributed by atoms with E-state index >= 15 is 0 Å². The van der Waals surface area contributed by atoms with Crippen molar-refractivity contribution < 1.29 is 13.2 Å². The number of anilines is 1. The van der Waals surface area contributed by atoms with Crippen LogP contribution >= 0.6 is 0 Å². The van der Waals surface area contributed by atoms with E-state index in [0.717, 1.165) is 16.8 Å². The summed E-state index contributed by atoms with van der Waals surface area (Å²) in [6, 6.07) is 5.76. The predicted octanol–water partition coefficient (Wildman–Crippen LogP) is 2.40.